The first-order valence-electron chi connectivity index (χ1n) is 28.6. The number of nitrogens with zero attached hydrogens (tertiary/aromatic N) is 4. The van der Waals surface area contributed by atoms with Crippen LogP contribution in [-0.4, -0.2) is 150 Å². The van der Waals surface area contributed by atoms with Crippen LogP contribution in [0.4, 0.5) is 0 Å². The SMILES string of the molecule is C=C(NCc1ccc(-c2scnc2C)cc1)[C@@H]1C[C@@H](O)CN1C(=O)[C@@H](CC(=O)COCCCOCCCCCOCCCOCC(=O)C[C@H](C(=O)N1C[C@H](O)C[C@H]1C(=O)NCc1ccc(-c2scnc2C)cc1)C(C)(C)C)C(C)(C)C. The molecule has 0 spiro atoms. The van der Waals surface area contributed by atoms with Crippen LogP contribution in [0, 0.1) is 36.5 Å². The van der Waals surface area contributed by atoms with Gasteiger partial charge >= 0.3 is 0 Å². The molecule has 2 saturated heterocycles. The predicted octanol–water partition coefficient (Wildman–Crippen LogP) is 8.65. The fourth-order valence-corrected chi connectivity index (χ4v) is 11.9. The number of hydrogen-bond acceptors (Lipinski definition) is 16. The highest BCUT2D eigenvalue weighted by molar-refractivity contribution is 7.13. The normalized spacial score (nSPS) is 18.2. The van der Waals surface area contributed by atoms with E-state index in [9.17, 15) is 34.2 Å². The summed E-state index contributed by atoms with van der Waals surface area (Å²) < 4.78 is 23.0. The number of aryl methyl sites for hydroxylation is 2. The molecule has 0 radical (unpaired) electrons. The molecule has 4 heterocycles. The number of aromatic nitrogens is 2. The zero-order valence-electron chi connectivity index (χ0n) is 49.0. The van der Waals surface area contributed by atoms with E-state index in [0.29, 0.717) is 71.1 Å². The molecule has 0 aliphatic carbocycles. The molecule has 2 aliphatic rings. The van der Waals surface area contributed by atoms with E-state index in [4.69, 9.17) is 18.9 Å². The van der Waals surface area contributed by atoms with E-state index in [1.165, 1.54) is 4.90 Å². The molecule has 0 saturated carbocycles. The van der Waals surface area contributed by atoms with Crippen molar-refractivity contribution in [3.63, 3.8) is 0 Å². The Morgan fingerprint density at radius 2 is 0.988 bits per heavy atom. The molecule has 19 heteroatoms. The topological polar surface area (TPSA) is 219 Å². The van der Waals surface area contributed by atoms with Gasteiger partial charge in [0.1, 0.15) is 19.3 Å². The lowest BCUT2D eigenvalue weighted by Crippen LogP contribution is -2.50. The summed E-state index contributed by atoms with van der Waals surface area (Å²) in [5.74, 6) is -2.49. The number of carbonyl (C=O) groups excluding carboxylic acids is 5. The van der Waals surface area contributed by atoms with E-state index in [-0.39, 0.29) is 81.4 Å². The molecule has 2 aromatic carbocycles. The summed E-state index contributed by atoms with van der Waals surface area (Å²) in [6.07, 6.45) is 2.92. The number of ketones is 2. The Bertz CT molecular complexity index is 2480. The van der Waals surface area contributed by atoms with Gasteiger partial charge in [0, 0.05) is 109 Å². The zero-order valence-corrected chi connectivity index (χ0v) is 50.6. The molecule has 17 nitrogen and oxygen atoms in total. The number of β-amino-alcohol motifs (C(OH)–C–C–N with tert-alkyl or cyclic N) is 2. The monoisotopic (exact) mass is 1160 g/mol. The lowest BCUT2D eigenvalue weighted by atomic mass is 9.77. The molecule has 0 bridgehead atoms. The number of benzene rings is 2. The van der Waals surface area contributed by atoms with Crippen molar-refractivity contribution >= 4 is 52.0 Å². The number of carbonyl (C=O) groups is 5. The summed E-state index contributed by atoms with van der Waals surface area (Å²) >= 11 is 3.19. The number of aliphatic hydroxyl groups excluding tert-OH is 2. The van der Waals surface area contributed by atoms with Crippen LogP contribution < -0.4 is 10.6 Å². The first kappa shape index (κ1) is 64.9. The quantitative estimate of drug-likeness (QED) is 0.0328. The maximum atomic E-state index is 14.1. The van der Waals surface area contributed by atoms with Gasteiger partial charge in [-0.15, -0.1) is 22.7 Å². The number of nitrogens with one attached hydrogen (secondary N) is 2. The highest BCUT2D eigenvalue weighted by atomic mass is 32.1. The van der Waals surface area contributed by atoms with Crippen LogP contribution >= 0.6 is 22.7 Å². The molecule has 6 rings (SSSR count). The Morgan fingerprint density at radius 3 is 1.41 bits per heavy atom. The summed E-state index contributed by atoms with van der Waals surface area (Å²) in [6, 6.07) is 14.9. The van der Waals surface area contributed by atoms with E-state index in [1.807, 2.05) is 90.7 Å². The van der Waals surface area contributed by atoms with Crippen LogP contribution in [0.2, 0.25) is 0 Å². The molecule has 2 aliphatic heterocycles. The Morgan fingerprint density at radius 1 is 0.593 bits per heavy atom. The Balaban J connectivity index is 0.773. The Kier molecular flexibility index (Phi) is 25.2. The van der Waals surface area contributed by atoms with Gasteiger partial charge in [-0.1, -0.05) is 96.7 Å². The molecule has 444 valence electrons. The summed E-state index contributed by atoms with van der Waals surface area (Å²) in [5.41, 5.74) is 9.34. The van der Waals surface area contributed by atoms with E-state index >= 15 is 0 Å². The Hall–Kier alpha value is -5.25. The van der Waals surface area contributed by atoms with Gasteiger partial charge in [0.15, 0.2) is 11.6 Å². The Labute approximate surface area is 487 Å². The van der Waals surface area contributed by atoms with Crippen molar-refractivity contribution in [3.05, 3.63) is 94.3 Å². The lowest BCUT2D eigenvalue weighted by Gasteiger charge is -2.35. The maximum absolute atomic E-state index is 14.1. The van der Waals surface area contributed by atoms with Crippen molar-refractivity contribution in [3.8, 4) is 20.9 Å². The van der Waals surface area contributed by atoms with Crippen LogP contribution in [0.15, 0.2) is 71.8 Å². The third kappa shape index (κ3) is 20.0. The largest absolute Gasteiger partial charge is 0.391 e. The van der Waals surface area contributed by atoms with Gasteiger partial charge in [0.25, 0.3) is 0 Å². The fraction of sp³-hybridized carbons (Fsp3) is 0.597. The van der Waals surface area contributed by atoms with Crippen LogP contribution in [-0.2, 0) is 56.0 Å². The van der Waals surface area contributed by atoms with Crippen LogP contribution in [0.1, 0.15) is 122 Å². The van der Waals surface area contributed by atoms with E-state index in [2.05, 4.69) is 51.4 Å². The maximum Gasteiger partial charge on any atom is 0.243 e. The molecule has 0 unspecified atom stereocenters. The lowest BCUT2D eigenvalue weighted by molar-refractivity contribution is -0.146. The van der Waals surface area contributed by atoms with Gasteiger partial charge in [0.05, 0.1) is 50.4 Å². The van der Waals surface area contributed by atoms with Gasteiger partial charge < -0.3 is 49.6 Å². The average molecular weight is 1160 g/mol. The number of unbranched alkanes of at least 4 members (excludes halogenated alkanes) is 2. The third-order valence-corrected chi connectivity index (χ3v) is 17.0. The van der Waals surface area contributed by atoms with Crippen molar-refractivity contribution in [2.24, 2.45) is 22.7 Å². The molecule has 3 amide bonds. The van der Waals surface area contributed by atoms with Crippen molar-refractivity contribution in [1.82, 2.24) is 30.4 Å². The molecule has 81 heavy (non-hydrogen) atoms. The van der Waals surface area contributed by atoms with Crippen molar-refractivity contribution in [2.45, 2.75) is 151 Å². The summed E-state index contributed by atoms with van der Waals surface area (Å²) in [7, 11) is 0. The first-order chi connectivity index (χ1) is 38.6. The smallest absolute Gasteiger partial charge is 0.243 e. The van der Waals surface area contributed by atoms with Crippen LogP contribution in [0.25, 0.3) is 20.9 Å². The number of aliphatic hydroxyl groups is 2. The molecule has 6 atom stereocenters. The average Bonchev–Trinajstić information content (AvgIpc) is 4.26. The predicted molar refractivity (Wildman–Crippen MR) is 316 cm³/mol. The number of Topliss-reactive ketones (excluding diaryl/α,β-unsaturated/α-hetero) is 2. The standard InChI is InChI=1S/C62H88N6O11S2/c1-41(63-33-44-15-19-46(20-16-44)56-42(2)65-39-80-56)54-31-48(69)35-67(54)59(74)52(61(4,5)6)29-50(71)37-78-27-13-25-76-23-11-10-12-24-77-26-14-28-79-38-51(72)30-53(62(7,8)9)60(75)68-36-49(70)32-55(68)58(73)64-34-45-17-21-47(22-18-45)57-43(3)66-40-81-57/h15-22,39-40,48-49,52-55,63,69-70H,1,10-14,23-38H2,2-9H3,(H,64,73)/t48-,49-,52-,53-,54+,55+/m1/s1. The van der Waals surface area contributed by atoms with E-state index < -0.39 is 47.0 Å². The van der Waals surface area contributed by atoms with Crippen LogP contribution in [0.3, 0.4) is 0 Å². The van der Waals surface area contributed by atoms with Gasteiger partial charge in [-0.2, -0.15) is 0 Å². The number of likely N-dealkylation sites (tertiary alicyclic amines) is 2. The second-order valence-corrected chi connectivity index (χ2v) is 25.4. The molecule has 4 N–H and O–H groups in total. The molecular formula is C62H88N6O11S2. The minimum absolute atomic E-state index is 0.0268. The van der Waals surface area contributed by atoms with E-state index in [1.54, 1.807) is 27.6 Å². The summed E-state index contributed by atoms with van der Waals surface area (Å²) in [5, 5.41) is 27.6. The van der Waals surface area contributed by atoms with Crippen molar-refractivity contribution in [2.75, 3.05) is 65.9 Å². The van der Waals surface area contributed by atoms with Gasteiger partial charge in [-0.05, 0) is 79.0 Å². The number of amides is 3. The number of ether oxygens (including phenoxy) is 4. The number of thiazole rings is 2. The highest BCUT2D eigenvalue weighted by Gasteiger charge is 2.45. The minimum atomic E-state index is -0.843. The fourth-order valence-electron chi connectivity index (χ4n) is 10.2. The summed E-state index contributed by atoms with van der Waals surface area (Å²) in [6.45, 7) is 23.5. The van der Waals surface area contributed by atoms with Gasteiger partial charge in [-0.25, -0.2) is 9.97 Å². The van der Waals surface area contributed by atoms with Crippen LogP contribution in [0.5, 0.6) is 0 Å². The zero-order chi connectivity index (χ0) is 58.7. The van der Waals surface area contributed by atoms with Crippen molar-refractivity contribution in [1.29, 1.82) is 0 Å². The number of hydrogen-bond donors (Lipinski definition) is 4. The second-order valence-electron chi connectivity index (χ2n) is 23.7. The second kappa shape index (κ2) is 31.4. The number of rotatable bonds is 33. The van der Waals surface area contributed by atoms with Gasteiger partial charge in [-0.3, -0.25) is 24.0 Å². The van der Waals surface area contributed by atoms with E-state index in [0.717, 1.165) is 62.7 Å². The van der Waals surface area contributed by atoms with Crippen molar-refractivity contribution < 1.29 is 53.1 Å². The first-order valence-corrected chi connectivity index (χ1v) is 30.4. The van der Waals surface area contributed by atoms with Gasteiger partial charge in [0.2, 0.25) is 17.7 Å². The molecular weight excluding hydrogens is 1070 g/mol. The minimum Gasteiger partial charge on any atom is -0.391 e. The molecule has 2 aromatic heterocycles. The third-order valence-electron chi connectivity index (χ3n) is 15.0. The molecule has 2 fully saturated rings. The highest BCUT2D eigenvalue weighted by Crippen LogP contribution is 2.36. The summed E-state index contributed by atoms with van der Waals surface area (Å²) in [4.78, 5) is 82.0. The molecule has 4 aromatic rings.